The molecule has 5 heteroatoms. The van der Waals surface area contributed by atoms with Crippen LogP contribution in [0.4, 0.5) is 0 Å². The summed E-state index contributed by atoms with van der Waals surface area (Å²) >= 11 is 0. The van der Waals surface area contributed by atoms with Crippen LogP contribution < -0.4 is 10.1 Å². The van der Waals surface area contributed by atoms with Gasteiger partial charge in [0.15, 0.2) is 0 Å². The first-order chi connectivity index (χ1) is 9.78. The van der Waals surface area contributed by atoms with Gasteiger partial charge in [0.25, 0.3) is 0 Å². The Morgan fingerprint density at radius 3 is 2.85 bits per heavy atom. The van der Waals surface area contributed by atoms with E-state index in [-0.39, 0.29) is 0 Å². The maximum absolute atomic E-state index is 5.45. The maximum Gasteiger partial charge on any atom is 0.137 e. The van der Waals surface area contributed by atoms with Crippen molar-refractivity contribution in [1.82, 2.24) is 20.1 Å². The van der Waals surface area contributed by atoms with E-state index in [0.717, 1.165) is 18.8 Å². The van der Waals surface area contributed by atoms with Crippen LogP contribution in [0.1, 0.15) is 12.5 Å². The van der Waals surface area contributed by atoms with E-state index >= 15 is 0 Å². The lowest BCUT2D eigenvalue weighted by atomic mass is 10.2. The van der Waals surface area contributed by atoms with Gasteiger partial charge in [-0.2, -0.15) is 5.10 Å². The fourth-order valence-electron chi connectivity index (χ4n) is 1.82. The van der Waals surface area contributed by atoms with Gasteiger partial charge in [0.1, 0.15) is 25.0 Å². The summed E-state index contributed by atoms with van der Waals surface area (Å²) in [5, 5.41) is 7.55. The molecule has 0 spiro atoms. The van der Waals surface area contributed by atoms with Gasteiger partial charge >= 0.3 is 0 Å². The predicted molar refractivity (Wildman–Crippen MR) is 78.5 cm³/mol. The Balaban J connectivity index is 1.77. The van der Waals surface area contributed by atoms with Gasteiger partial charge in [-0.1, -0.05) is 24.8 Å². The lowest BCUT2D eigenvalue weighted by Crippen LogP contribution is -2.30. The summed E-state index contributed by atoms with van der Waals surface area (Å²) in [6.07, 6.45) is 5.01. The van der Waals surface area contributed by atoms with Crippen LogP contribution in [-0.4, -0.2) is 27.4 Å². The SMILES string of the molecule is C=CCOc1ccc(CNC(C)Cn2cncn2)cc1. The Labute approximate surface area is 119 Å². The van der Waals surface area contributed by atoms with E-state index < -0.39 is 0 Å². The average molecular weight is 272 g/mol. The van der Waals surface area contributed by atoms with E-state index in [4.69, 9.17) is 4.74 Å². The molecule has 20 heavy (non-hydrogen) atoms. The van der Waals surface area contributed by atoms with Crippen LogP contribution in [-0.2, 0) is 13.1 Å². The van der Waals surface area contributed by atoms with Crippen molar-refractivity contribution in [2.45, 2.75) is 26.1 Å². The van der Waals surface area contributed by atoms with Crippen molar-refractivity contribution in [2.75, 3.05) is 6.61 Å². The Kier molecular flexibility index (Phi) is 5.32. The van der Waals surface area contributed by atoms with Gasteiger partial charge in [0.2, 0.25) is 0 Å². The van der Waals surface area contributed by atoms with E-state index in [1.54, 1.807) is 18.7 Å². The number of hydrogen-bond acceptors (Lipinski definition) is 4. The normalized spacial score (nSPS) is 12.1. The Morgan fingerprint density at radius 2 is 2.20 bits per heavy atom. The zero-order valence-electron chi connectivity index (χ0n) is 11.7. The molecule has 2 rings (SSSR count). The molecular formula is C15H20N4O. The minimum absolute atomic E-state index is 0.327. The Hall–Kier alpha value is -2.14. The molecule has 1 atom stereocenters. The second-order valence-corrected chi connectivity index (χ2v) is 4.64. The maximum atomic E-state index is 5.45. The van der Waals surface area contributed by atoms with Crippen molar-refractivity contribution >= 4 is 0 Å². The molecule has 1 N–H and O–H groups in total. The molecule has 0 amide bonds. The Bertz CT molecular complexity index is 507. The molecule has 1 heterocycles. The van der Waals surface area contributed by atoms with Crippen LogP contribution in [0.25, 0.3) is 0 Å². The van der Waals surface area contributed by atoms with E-state index in [9.17, 15) is 0 Å². The fraction of sp³-hybridized carbons (Fsp3) is 0.333. The molecule has 106 valence electrons. The molecule has 0 bridgehead atoms. The van der Waals surface area contributed by atoms with Gasteiger partial charge in [-0.05, 0) is 24.6 Å². The van der Waals surface area contributed by atoms with Crippen LogP contribution in [0.2, 0.25) is 0 Å². The van der Waals surface area contributed by atoms with Crippen LogP contribution in [0.5, 0.6) is 5.75 Å². The highest BCUT2D eigenvalue weighted by atomic mass is 16.5. The minimum Gasteiger partial charge on any atom is -0.490 e. The molecule has 0 saturated heterocycles. The number of rotatable bonds is 8. The van der Waals surface area contributed by atoms with Crippen molar-refractivity contribution in [3.8, 4) is 5.75 Å². The minimum atomic E-state index is 0.327. The van der Waals surface area contributed by atoms with Crippen molar-refractivity contribution < 1.29 is 4.74 Å². The molecule has 0 aliphatic heterocycles. The first-order valence-electron chi connectivity index (χ1n) is 6.66. The van der Waals surface area contributed by atoms with E-state index in [1.807, 2.05) is 16.8 Å². The highest BCUT2D eigenvalue weighted by molar-refractivity contribution is 5.27. The number of ether oxygens (including phenoxy) is 1. The molecule has 2 aromatic rings. The predicted octanol–water partition coefficient (Wildman–Crippen LogP) is 2.02. The molecule has 0 fully saturated rings. The van der Waals surface area contributed by atoms with Crippen molar-refractivity contribution in [3.05, 3.63) is 55.1 Å². The smallest absolute Gasteiger partial charge is 0.137 e. The number of benzene rings is 1. The largest absolute Gasteiger partial charge is 0.490 e. The first kappa shape index (κ1) is 14.3. The highest BCUT2D eigenvalue weighted by Crippen LogP contribution is 2.12. The Morgan fingerprint density at radius 1 is 1.40 bits per heavy atom. The fourth-order valence-corrected chi connectivity index (χ4v) is 1.82. The summed E-state index contributed by atoms with van der Waals surface area (Å²) in [7, 11) is 0. The van der Waals surface area contributed by atoms with E-state index in [2.05, 4.69) is 41.0 Å². The van der Waals surface area contributed by atoms with Crippen molar-refractivity contribution in [3.63, 3.8) is 0 Å². The molecule has 0 radical (unpaired) electrons. The second kappa shape index (κ2) is 7.45. The summed E-state index contributed by atoms with van der Waals surface area (Å²) in [4.78, 5) is 3.93. The molecule has 1 aromatic carbocycles. The third kappa shape index (κ3) is 4.51. The standard InChI is InChI=1S/C15H20N4O/c1-3-8-20-15-6-4-14(5-7-15)9-17-13(2)10-19-12-16-11-18-19/h3-7,11-13,17H,1,8-10H2,2H3. The monoisotopic (exact) mass is 272 g/mol. The quantitative estimate of drug-likeness (QED) is 0.747. The lowest BCUT2D eigenvalue weighted by molar-refractivity contribution is 0.363. The zero-order chi connectivity index (χ0) is 14.2. The van der Waals surface area contributed by atoms with E-state index in [1.165, 1.54) is 5.56 Å². The average Bonchev–Trinajstić information content (AvgIpc) is 2.97. The van der Waals surface area contributed by atoms with Gasteiger partial charge in [-0.15, -0.1) is 0 Å². The summed E-state index contributed by atoms with van der Waals surface area (Å²) < 4.78 is 7.27. The van der Waals surface area contributed by atoms with Crippen LogP contribution in [0, 0.1) is 0 Å². The third-order valence-corrected chi connectivity index (χ3v) is 2.87. The molecule has 0 aliphatic rings. The van der Waals surface area contributed by atoms with Gasteiger partial charge in [-0.3, -0.25) is 4.68 Å². The van der Waals surface area contributed by atoms with E-state index in [0.29, 0.717) is 12.6 Å². The highest BCUT2D eigenvalue weighted by Gasteiger charge is 2.03. The number of nitrogens with one attached hydrogen (secondary N) is 1. The molecular weight excluding hydrogens is 252 g/mol. The second-order valence-electron chi connectivity index (χ2n) is 4.64. The van der Waals surface area contributed by atoms with Crippen LogP contribution in [0.15, 0.2) is 49.6 Å². The topological polar surface area (TPSA) is 52.0 Å². The lowest BCUT2D eigenvalue weighted by Gasteiger charge is -2.13. The third-order valence-electron chi connectivity index (χ3n) is 2.87. The summed E-state index contributed by atoms with van der Waals surface area (Å²) in [5.74, 6) is 0.865. The summed E-state index contributed by atoms with van der Waals surface area (Å²) in [5.41, 5.74) is 1.22. The van der Waals surface area contributed by atoms with Gasteiger partial charge in [0, 0.05) is 12.6 Å². The molecule has 0 aliphatic carbocycles. The van der Waals surface area contributed by atoms with Gasteiger partial charge in [-0.25, -0.2) is 4.98 Å². The molecule has 5 nitrogen and oxygen atoms in total. The number of nitrogens with zero attached hydrogens (tertiary/aromatic N) is 3. The van der Waals surface area contributed by atoms with Crippen molar-refractivity contribution in [1.29, 1.82) is 0 Å². The first-order valence-corrected chi connectivity index (χ1v) is 6.66. The van der Waals surface area contributed by atoms with Crippen molar-refractivity contribution in [2.24, 2.45) is 0 Å². The van der Waals surface area contributed by atoms with Gasteiger partial charge < -0.3 is 10.1 Å². The molecule has 0 saturated carbocycles. The number of hydrogen-bond donors (Lipinski definition) is 1. The summed E-state index contributed by atoms with van der Waals surface area (Å²) in [6.45, 7) is 7.91. The van der Waals surface area contributed by atoms with Gasteiger partial charge in [0.05, 0.1) is 6.54 Å². The summed E-state index contributed by atoms with van der Waals surface area (Å²) in [6, 6.07) is 8.40. The molecule has 1 aromatic heterocycles. The number of aromatic nitrogens is 3. The molecule has 1 unspecified atom stereocenters. The van der Waals surface area contributed by atoms with Crippen LogP contribution in [0.3, 0.4) is 0 Å². The van der Waals surface area contributed by atoms with Crippen LogP contribution >= 0.6 is 0 Å². The zero-order valence-corrected chi connectivity index (χ0v) is 11.7.